The maximum atomic E-state index is 12.2. The van der Waals surface area contributed by atoms with Gasteiger partial charge in [0.1, 0.15) is 24.4 Å². The van der Waals surface area contributed by atoms with Crippen molar-refractivity contribution in [3.05, 3.63) is 74.5 Å². The average Bonchev–Trinajstić information content (AvgIpc) is 3.34. The SMILES string of the molecule is CC(=CC=C(C)c1ccc(Cc2cc(C(O)C3OC4OC(C)(C)OC4C3O)ccc2C)s1)C(=O)NC1CC1. The van der Waals surface area contributed by atoms with E-state index in [0.29, 0.717) is 17.2 Å². The smallest absolute Gasteiger partial charge is 0.247 e. The highest BCUT2D eigenvalue weighted by atomic mass is 32.1. The molecule has 1 aromatic carbocycles. The number of benzene rings is 1. The van der Waals surface area contributed by atoms with E-state index in [4.69, 9.17) is 14.2 Å². The molecule has 5 atom stereocenters. The Kier molecular flexibility index (Phi) is 7.66. The van der Waals surface area contributed by atoms with Crippen LogP contribution < -0.4 is 5.32 Å². The van der Waals surface area contributed by atoms with Gasteiger partial charge in [0.2, 0.25) is 5.91 Å². The Morgan fingerprint density at radius 3 is 2.66 bits per heavy atom. The molecule has 5 rings (SSSR count). The number of fused-ring (bicyclic) bond motifs is 1. The summed E-state index contributed by atoms with van der Waals surface area (Å²) in [4.78, 5) is 14.5. The summed E-state index contributed by atoms with van der Waals surface area (Å²) in [6.45, 7) is 9.50. The van der Waals surface area contributed by atoms with Crippen LogP contribution >= 0.6 is 11.3 Å². The zero-order valence-electron chi connectivity index (χ0n) is 22.6. The fourth-order valence-electron chi connectivity index (χ4n) is 4.84. The molecule has 7 nitrogen and oxygen atoms in total. The van der Waals surface area contributed by atoms with Gasteiger partial charge in [0, 0.05) is 27.8 Å². The number of rotatable bonds is 8. The fourth-order valence-corrected chi connectivity index (χ4v) is 5.85. The molecule has 2 aliphatic heterocycles. The normalized spacial score (nSPS) is 27.9. The Morgan fingerprint density at radius 1 is 1.18 bits per heavy atom. The number of allylic oxidation sites excluding steroid dienone is 3. The van der Waals surface area contributed by atoms with E-state index in [9.17, 15) is 15.0 Å². The molecule has 0 radical (unpaired) electrons. The summed E-state index contributed by atoms with van der Waals surface area (Å²) in [7, 11) is 0. The Morgan fingerprint density at radius 2 is 1.95 bits per heavy atom. The van der Waals surface area contributed by atoms with E-state index in [0.717, 1.165) is 40.8 Å². The van der Waals surface area contributed by atoms with E-state index in [1.165, 1.54) is 4.88 Å². The fraction of sp³-hybridized carbons (Fsp3) is 0.500. The maximum absolute atomic E-state index is 12.2. The minimum absolute atomic E-state index is 0.00332. The molecular formula is C30H37NO6S. The topological polar surface area (TPSA) is 97.2 Å². The molecule has 3 fully saturated rings. The second-order valence-corrected chi connectivity index (χ2v) is 12.2. The van der Waals surface area contributed by atoms with Gasteiger partial charge in [0.05, 0.1) is 0 Å². The van der Waals surface area contributed by atoms with Crippen molar-refractivity contribution in [3.8, 4) is 0 Å². The summed E-state index contributed by atoms with van der Waals surface area (Å²) in [5.41, 5.74) is 4.73. The third-order valence-corrected chi connectivity index (χ3v) is 8.57. The summed E-state index contributed by atoms with van der Waals surface area (Å²) in [5, 5.41) is 24.9. The van der Waals surface area contributed by atoms with Crippen LogP contribution in [0, 0.1) is 6.92 Å². The molecule has 8 heteroatoms. The van der Waals surface area contributed by atoms with Gasteiger partial charge in [-0.05, 0) is 81.9 Å². The van der Waals surface area contributed by atoms with Crippen molar-refractivity contribution >= 4 is 22.8 Å². The number of nitrogens with one attached hydrogen (secondary N) is 1. The summed E-state index contributed by atoms with van der Waals surface area (Å²) in [6.07, 6.45) is 2.60. The second kappa shape index (κ2) is 10.7. The number of aryl methyl sites for hydroxylation is 1. The lowest BCUT2D eigenvalue weighted by Crippen LogP contribution is -2.37. The highest BCUT2D eigenvalue weighted by Gasteiger charge is 2.56. The van der Waals surface area contributed by atoms with Gasteiger partial charge in [-0.3, -0.25) is 4.79 Å². The predicted octanol–water partition coefficient (Wildman–Crippen LogP) is 4.55. The molecule has 1 aromatic heterocycles. The number of aliphatic hydroxyl groups excluding tert-OH is 2. The summed E-state index contributed by atoms with van der Waals surface area (Å²) in [6, 6.07) is 10.4. The van der Waals surface area contributed by atoms with Gasteiger partial charge in [-0.15, -0.1) is 11.3 Å². The van der Waals surface area contributed by atoms with Gasteiger partial charge in [0.15, 0.2) is 12.1 Å². The van der Waals surface area contributed by atoms with Crippen LogP contribution in [0.2, 0.25) is 0 Å². The second-order valence-electron chi connectivity index (χ2n) is 11.1. The largest absolute Gasteiger partial charge is 0.387 e. The van der Waals surface area contributed by atoms with E-state index in [-0.39, 0.29) is 5.91 Å². The number of aliphatic hydroxyl groups is 2. The van der Waals surface area contributed by atoms with Crippen molar-refractivity contribution in [3.63, 3.8) is 0 Å². The molecule has 3 N–H and O–H groups in total. The standard InChI is InChI=1S/C30H37NO6S/c1-16-8-9-19(24(32)26-25(33)27-29(35-26)37-30(4,5)36-27)14-20(16)15-22-12-13-23(38-22)17(2)6-7-18(3)28(34)31-21-10-11-21/h6-9,12-14,21,24-27,29,32-33H,10-11,15H2,1-5H3,(H,31,34). The Labute approximate surface area is 228 Å². The Hall–Kier alpha value is -2.33. The molecule has 2 aromatic rings. The van der Waals surface area contributed by atoms with Gasteiger partial charge in [-0.25, -0.2) is 0 Å². The molecule has 204 valence electrons. The first-order valence-corrected chi connectivity index (χ1v) is 14.0. The highest BCUT2D eigenvalue weighted by molar-refractivity contribution is 7.13. The number of hydrogen-bond donors (Lipinski definition) is 3. The van der Waals surface area contributed by atoms with Crippen LogP contribution in [0.15, 0.2) is 48.1 Å². The Balaban J connectivity index is 1.25. The molecule has 1 amide bonds. The van der Waals surface area contributed by atoms with E-state index in [1.54, 1.807) is 25.2 Å². The van der Waals surface area contributed by atoms with Crippen LogP contribution in [0.3, 0.4) is 0 Å². The first kappa shape index (κ1) is 27.2. The molecule has 3 heterocycles. The summed E-state index contributed by atoms with van der Waals surface area (Å²) in [5.74, 6) is -0.820. The number of carbonyl (C=O) groups excluding carboxylic acids is 1. The highest BCUT2D eigenvalue weighted by Crippen LogP contribution is 2.41. The zero-order valence-corrected chi connectivity index (χ0v) is 23.4. The van der Waals surface area contributed by atoms with Gasteiger partial charge in [-0.1, -0.05) is 30.4 Å². The first-order chi connectivity index (χ1) is 18.0. The number of amides is 1. The lowest BCUT2D eigenvalue weighted by atomic mass is 9.94. The van der Waals surface area contributed by atoms with E-state index >= 15 is 0 Å². The Bertz CT molecular complexity index is 1260. The van der Waals surface area contributed by atoms with Crippen LogP contribution in [-0.2, 0) is 25.4 Å². The van der Waals surface area contributed by atoms with Crippen molar-refractivity contribution in [2.45, 2.75) is 96.4 Å². The van der Waals surface area contributed by atoms with Crippen molar-refractivity contribution in [1.82, 2.24) is 5.32 Å². The van der Waals surface area contributed by atoms with Crippen molar-refractivity contribution in [2.24, 2.45) is 0 Å². The maximum Gasteiger partial charge on any atom is 0.247 e. The van der Waals surface area contributed by atoms with E-state index in [1.807, 2.05) is 37.3 Å². The van der Waals surface area contributed by atoms with Crippen LogP contribution in [0.25, 0.3) is 5.57 Å². The lowest BCUT2D eigenvalue weighted by Gasteiger charge is -2.26. The van der Waals surface area contributed by atoms with Crippen LogP contribution in [0.1, 0.15) is 73.1 Å². The minimum Gasteiger partial charge on any atom is -0.387 e. The van der Waals surface area contributed by atoms with Crippen LogP contribution in [0.4, 0.5) is 0 Å². The zero-order chi connectivity index (χ0) is 27.2. The van der Waals surface area contributed by atoms with Gasteiger partial charge in [-0.2, -0.15) is 0 Å². The molecular weight excluding hydrogens is 502 g/mol. The number of ether oxygens (including phenoxy) is 3. The van der Waals surface area contributed by atoms with E-state index in [2.05, 4.69) is 31.3 Å². The van der Waals surface area contributed by atoms with Crippen molar-refractivity contribution in [1.29, 1.82) is 0 Å². The minimum atomic E-state index is -1.01. The third-order valence-electron chi connectivity index (χ3n) is 7.35. The first-order valence-electron chi connectivity index (χ1n) is 13.2. The van der Waals surface area contributed by atoms with Crippen LogP contribution in [0.5, 0.6) is 0 Å². The molecule has 3 aliphatic rings. The molecule has 1 aliphatic carbocycles. The van der Waals surface area contributed by atoms with Gasteiger partial charge < -0.3 is 29.7 Å². The van der Waals surface area contributed by atoms with Crippen molar-refractivity contribution in [2.75, 3.05) is 0 Å². The monoisotopic (exact) mass is 539 g/mol. The van der Waals surface area contributed by atoms with Crippen molar-refractivity contribution < 1.29 is 29.2 Å². The van der Waals surface area contributed by atoms with E-state index < -0.39 is 36.5 Å². The molecule has 1 saturated carbocycles. The number of hydrogen-bond acceptors (Lipinski definition) is 7. The predicted molar refractivity (Wildman–Crippen MR) is 147 cm³/mol. The molecule has 38 heavy (non-hydrogen) atoms. The third kappa shape index (κ3) is 5.96. The number of thiophene rings is 1. The molecule has 2 saturated heterocycles. The lowest BCUT2D eigenvalue weighted by molar-refractivity contribution is -0.226. The molecule has 5 unspecified atom stereocenters. The summed E-state index contributed by atoms with van der Waals surface area (Å²) < 4.78 is 17.4. The van der Waals surface area contributed by atoms with Crippen LogP contribution in [-0.4, -0.2) is 52.6 Å². The quantitative estimate of drug-likeness (QED) is 0.337. The molecule has 0 bridgehead atoms. The van der Waals surface area contributed by atoms with Gasteiger partial charge >= 0.3 is 0 Å². The summed E-state index contributed by atoms with van der Waals surface area (Å²) >= 11 is 1.72. The van der Waals surface area contributed by atoms with Gasteiger partial charge in [0.25, 0.3) is 0 Å². The average molecular weight is 540 g/mol. The number of carbonyl (C=O) groups is 1. The molecule has 0 spiro atoms.